The number of nitro benzene ring substituents is 1. The Morgan fingerprint density at radius 1 is 1.21 bits per heavy atom. The highest BCUT2D eigenvalue weighted by molar-refractivity contribution is 5.74. The Labute approximate surface area is 141 Å². The van der Waals surface area contributed by atoms with E-state index in [0.717, 1.165) is 23.1 Å². The summed E-state index contributed by atoms with van der Waals surface area (Å²) in [6.45, 7) is 4.03. The minimum Gasteiger partial charge on any atom is -0.372 e. The van der Waals surface area contributed by atoms with Crippen LogP contribution in [0.4, 0.5) is 11.4 Å². The SMILES string of the molecule is Cc1cc([N+](=O)[O-])c2c(c1C)[C@@H]1C=CC[C@@H]1[C@H](c1ccccc1)N2. The first kappa shape index (κ1) is 14.9. The van der Waals surface area contributed by atoms with Crippen LogP contribution in [0.25, 0.3) is 0 Å². The van der Waals surface area contributed by atoms with Crippen LogP contribution in [0.5, 0.6) is 0 Å². The van der Waals surface area contributed by atoms with Crippen LogP contribution in [0, 0.1) is 29.9 Å². The van der Waals surface area contributed by atoms with E-state index in [2.05, 4.69) is 36.5 Å². The summed E-state index contributed by atoms with van der Waals surface area (Å²) in [4.78, 5) is 11.4. The first-order valence-corrected chi connectivity index (χ1v) is 8.34. The molecule has 4 nitrogen and oxygen atoms in total. The zero-order chi connectivity index (χ0) is 16.8. The van der Waals surface area contributed by atoms with E-state index in [1.165, 1.54) is 5.56 Å². The topological polar surface area (TPSA) is 55.2 Å². The number of benzene rings is 2. The largest absolute Gasteiger partial charge is 0.372 e. The predicted molar refractivity (Wildman–Crippen MR) is 95.4 cm³/mol. The van der Waals surface area contributed by atoms with Crippen LogP contribution >= 0.6 is 0 Å². The minimum atomic E-state index is -0.265. The maximum Gasteiger partial charge on any atom is 0.292 e. The summed E-state index contributed by atoms with van der Waals surface area (Å²) in [7, 11) is 0. The van der Waals surface area contributed by atoms with Gasteiger partial charge in [-0.3, -0.25) is 10.1 Å². The number of fused-ring (bicyclic) bond motifs is 3. The lowest BCUT2D eigenvalue weighted by Crippen LogP contribution is -2.30. The van der Waals surface area contributed by atoms with Gasteiger partial charge in [0.1, 0.15) is 5.69 Å². The molecule has 1 aliphatic heterocycles. The first-order chi connectivity index (χ1) is 11.6. The van der Waals surface area contributed by atoms with E-state index < -0.39 is 0 Å². The molecule has 0 unspecified atom stereocenters. The third-order valence-corrected chi connectivity index (χ3v) is 5.50. The zero-order valence-electron chi connectivity index (χ0n) is 13.8. The fraction of sp³-hybridized carbons (Fsp3) is 0.300. The molecular weight excluding hydrogens is 300 g/mol. The quantitative estimate of drug-likeness (QED) is 0.479. The fourth-order valence-electron chi connectivity index (χ4n) is 4.21. The Kier molecular flexibility index (Phi) is 3.41. The summed E-state index contributed by atoms with van der Waals surface area (Å²) in [5.41, 5.74) is 5.33. The molecule has 0 spiro atoms. The normalized spacial score (nSPS) is 24.2. The number of hydrogen-bond acceptors (Lipinski definition) is 3. The molecule has 0 saturated heterocycles. The molecule has 4 rings (SSSR count). The Bertz CT molecular complexity index is 842. The molecule has 2 aliphatic rings. The van der Waals surface area contributed by atoms with Gasteiger partial charge in [-0.05, 0) is 48.4 Å². The van der Waals surface area contributed by atoms with Crippen molar-refractivity contribution in [3.63, 3.8) is 0 Å². The van der Waals surface area contributed by atoms with Crippen LogP contribution < -0.4 is 5.32 Å². The van der Waals surface area contributed by atoms with Crippen molar-refractivity contribution in [3.8, 4) is 0 Å². The van der Waals surface area contributed by atoms with Crippen LogP contribution in [-0.2, 0) is 0 Å². The second-order valence-electron chi connectivity index (χ2n) is 6.77. The number of nitrogens with one attached hydrogen (secondary N) is 1. The van der Waals surface area contributed by atoms with E-state index in [0.29, 0.717) is 11.6 Å². The summed E-state index contributed by atoms with van der Waals surface area (Å²) in [6.07, 6.45) is 5.45. The van der Waals surface area contributed by atoms with Crippen LogP contribution in [0.1, 0.15) is 40.6 Å². The number of allylic oxidation sites excluding steroid dienone is 2. The molecule has 4 heteroatoms. The number of aryl methyl sites for hydroxylation is 1. The molecule has 122 valence electrons. The standard InChI is InChI=1S/C20H20N2O2/c1-12-11-17(22(23)24)20-18(13(12)2)15-9-6-10-16(15)19(21-20)14-7-4-3-5-8-14/h3-9,11,15-16,19,21H,10H2,1-2H3/t15-,16+,19+/m1/s1. The first-order valence-electron chi connectivity index (χ1n) is 8.34. The summed E-state index contributed by atoms with van der Waals surface area (Å²) < 4.78 is 0. The van der Waals surface area contributed by atoms with Crippen LogP contribution in [-0.4, -0.2) is 4.92 Å². The fourth-order valence-corrected chi connectivity index (χ4v) is 4.21. The predicted octanol–water partition coefficient (Wildman–Crippen LogP) is 5.04. The Morgan fingerprint density at radius 2 is 1.96 bits per heavy atom. The van der Waals surface area contributed by atoms with E-state index in [1.54, 1.807) is 6.07 Å². The summed E-state index contributed by atoms with van der Waals surface area (Å²) in [5, 5.41) is 15.1. The van der Waals surface area contributed by atoms with E-state index in [9.17, 15) is 10.1 Å². The molecular formula is C20H20N2O2. The number of nitro groups is 1. The van der Waals surface area contributed by atoms with Gasteiger partial charge in [0.2, 0.25) is 0 Å². The highest BCUT2D eigenvalue weighted by Gasteiger charge is 2.41. The lowest BCUT2D eigenvalue weighted by Gasteiger charge is -2.38. The van der Waals surface area contributed by atoms with E-state index in [4.69, 9.17) is 0 Å². The molecule has 2 aromatic rings. The van der Waals surface area contributed by atoms with Crippen molar-refractivity contribution in [2.24, 2.45) is 5.92 Å². The van der Waals surface area contributed by atoms with Gasteiger partial charge in [-0.2, -0.15) is 0 Å². The van der Waals surface area contributed by atoms with Crippen molar-refractivity contribution in [2.75, 3.05) is 5.32 Å². The van der Waals surface area contributed by atoms with Gasteiger partial charge in [0, 0.05) is 12.0 Å². The lowest BCUT2D eigenvalue weighted by molar-refractivity contribution is -0.384. The van der Waals surface area contributed by atoms with Gasteiger partial charge < -0.3 is 5.32 Å². The second kappa shape index (κ2) is 5.48. The van der Waals surface area contributed by atoms with Gasteiger partial charge in [0.25, 0.3) is 5.69 Å². The van der Waals surface area contributed by atoms with Crippen LogP contribution in [0.3, 0.4) is 0 Å². The van der Waals surface area contributed by atoms with Gasteiger partial charge in [-0.25, -0.2) is 0 Å². The Balaban J connectivity index is 1.92. The average Bonchev–Trinajstić information content (AvgIpc) is 3.07. The van der Waals surface area contributed by atoms with Gasteiger partial charge in [-0.15, -0.1) is 0 Å². The average molecular weight is 320 g/mol. The van der Waals surface area contributed by atoms with Crippen molar-refractivity contribution in [2.45, 2.75) is 32.2 Å². The molecule has 0 aromatic heterocycles. The molecule has 0 radical (unpaired) electrons. The van der Waals surface area contributed by atoms with Gasteiger partial charge in [-0.1, -0.05) is 42.5 Å². The smallest absolute Gasteiger partial charge is 0.292 e. The van der Waals surface area contributed by atoms with E-state index in [-0.39, 0.29) is 22.6 Å². The third kappa shape index (κ3) is 2.13. The van der Waals surface area contributed by atoms with Crippen molar-refractivity contribution >= 4 is 11.4 Å². The van der Waals surface area contributed by atoms with Crippen molar-refractivity contribution in [1.29, 1.82) is 0 Å². The number of anilines is 1. The molecule has 24 heavy (non-hydrogen) atoms. The third-order valence-electron chi connectivity index (χ3n) is 5.50. The monoisotopic (exact) mass is 320 g/mol. The van der Waals surface area contributed by atoms with Crippen LogP contribution in [0.15, 0.2) is 48.6 Å². The van der Waals surface area contributed by atoms with Crippen LogP contribution in [0.2, 0.25) is 0 Å². The highest BCUT2D eigenvalue weighted by Crippen LogP contribution is 2.53. The van der Waals surface area contributed by atoms with Gasteiger partial charge in [0.15, 0.2) is 0 Å². The maximum absolute atomic E-state index is 11.6. The second-order valence-corrected chi connectivity index (χ2v) is 6.77. The summed E-state index contributed by atoms with van der Waals surface area (Å²) >= 11 is 0. The summed E-state index contributed by atoms with van der Waals surface area (Å²) in [6, 6.07) is 12.1. The number of nitrogens with zero attached hydrogens (tertiary/aromatic N) is 1. The molecule has 1 aliphatic carbocycles. The van der Waals surface area contributed by atoms with Crippen molar-refractivity contribution in [1.82, 2.24) is 0 Å². The molecule has 1 N–H and O–H groups in total. The number of hydrogen-bond donors (Lipinski definition) is 1. The molecule has 0 saturated carbocycles. The lowest BCUT2D eigenvalue weighted by atomic mass is 9.74. The minimum absolute atomic E-state index is 0.0968. The molecule has 0 bridgehead atoms. The van der Waals surface area contributed by atoms with Gasteiger partial charge >= 0.3 is 0 Å². The zero-order valence-corrected chi connectivity index (χ0v) is 13.8. The maximum atomic E-state index is 11.6. The van der Waals surface area contributed by atoms with E-state index in [1.807, 2.05) is 25.1 Å². The molecule has 0 fully saturated rings. The van der Waals surface area contributed by atoms with Crippen molar-refractivity contribution in [3.05, 3.63) is 80.9 Å². The molecule has 0 amide bonds. The Morgan fingerprint density at radius 3 is 2.67 bits per heavy atom. The molecule has 3 atom stereocenters. The van der Waals surface area contributed by atoms with E-state index >= 15 is 0 Å². The molecule has 2 aromatic carbocycles. The Hall–Kier alpha value is -2.62. The molecule has 1 heterocycles. The number of rotatable bonds is 2. The summed E-state index contributed by atoms with van der Waals surface area (Å²) in [5.74, 6) is 0.644. The van der Waals surface area contributed by atoms with Gasteiger partial charge in [0.05, 0.1) is 11.0 Å². The highest BCUT2D eigenvalue weighted by atomic mass is 16.6. The van der Waals surface area contributed by atoms with Crippen molar-refractivity contribution < 1.29 is 4.92 Å².